The van der Waals surface area contributed by atoms with Crippen LogP contribution in [-0.4, -0.2) is 23.8 Å². The van der Waals surface area contributed by atoms with Crippen LogP contribution in [0, 0.1) is 0 Å². The summed E-state index contributed by atoms with van der Waals surface area (Å²) in [4.78, 5) is 32.6. The first kappa shape index (κ1) is 15.0. The lowest BCUT2D eigenvalue weighted by Gasteiger charge is -2.13. The minimum atomic E-state index is -0.716. The molecule has 0 saturated carbocycles. The Morgan fingerprint density at radius 3 is 2.16 bits per heavy atom. The van der Waals surface area contributed by atoms with Crippen molar-refractivity contribution >= 4 is 28.8 Å². The van der Waals surface area contributed by atoms with Gasteiger partial charge in [-0.2, -0.15) is 0 Å². The molecule has 0 unspecified atom stereocenters. The Labute approximate surface area is 114 Å². The number of hydrogen-bond acceptors (Lipinski definition) is 6. The Morgan fingerprint density at radius 1 is 1.05 bits per heavy atom. The van der Waals surface area contributed by atoms with Crippen molar-refractivity contribution < 1.29 is 28.6 Å². The van der Waals surface area contributed by atoms with Crippen molar-refractivity contribution in [2.75, 3.05) is 6.61 Å². The number of hydrogen-bond donors (Lipinski definition) is 0. The van der Waals surface area contributed by atoms with Crippen molar-refractivity contribution in [2.45, 2.75) is 13.8 Å². The van der Waals surface area contributed by atoms with Gasteiger partial charge in [0.25, 0.3) is 5.24 Å². The highest BCUT2D eigenvalue weighted by Crippen LogP contribution is 2.37. The Morgan fingerprint density at radius 2 is 1.63 bits per heavy atom. The normalized spacial score (nSPS) is 9.63. The van der Waals surface area contributed by atoms with Crippen molar-refractivity contribution in [1.82, 2.24) is 0 Å². The van der Waals surface area contributed by atoms with Gasteiger partial charge in [-0.3, -0.25) is 14.4 Å². The third-order valence-corrected chi connectivity index (χ3v) is 1.89. The van der Waals surface area contributed by atoms with Crippen molar-refractivity contribution in [2.24, 2.45) is 0 Å². The van der Waals surface area contributed by atoms with E-state index in [1.807, 2.05) is 0 Å². The van der Waals surface area contributed by atoms with Crippen molar-refractivity contribution in [1.29, 1.82) is 0 Å². The number of rotatable bonds is 5. The molecule has 0 heterocycles. The van der Waals surface area contributed by atoms with Gasteiger partial charge >= 0.3 is 11.9 Å². The molecule has 1 rings (SSSR count). The number of carbonyl (C=O) groups excluding carboxylic acids is 3. The summed E-state index contributed by atoms with van der Waals surface area (Å²) in [6.07, 6.45) is 0. The molecule has 102 valence electrons. The van der Waals surface area contributed by atoms with Crippen LogP contribution < -0.4 is 14.2 Å². The van der Waals surface area contributed by atoms with Crippen LogP contribution in [-0.2, 0) is 14.4 Å². The van der Waals surface area contributed by atoms with Gasteiger partial charge < -0.3 is 14.2 Å². The van der Waals surface area contributed by atoms with E-state index in [2.05, 4.69) is 0 Å². The maximum atomic E-state index is 11.0. The average molecular weight is 287 g/mol. The summed E-state index contributed by atoms with van der Waals surface area (Å²) in [6.45, 7) is 1.98. The van der Waals surface area contributed by atoms with Crippen LogP contribution in [0.1, 0.15) is 13.8 Å². The molecule has 19 heavy (non-hydrogen) atoms. The highest BCUT2D eigenvalue weighted by atomic mass is 35.5. The quantitative estimate of drug-likeness (QED) is 0.465. The Hall–Kier alpha value is -2.08. The summed E-state index contributed by atoms with van der Waals surface area (Å²) in [5.41, 5.74) is 0. The van der Waals surface area contributed by atoms with E-state index >= 15 is 0 Å². The molecule has 1 aromatic rings. The van der Waals surface area contributed by atoms with E-state index in [4.69, 9.17) is 25.8 Å². The average Bonchev–Trinajstić information content (AvgIpc) is 2.28. The van der Waals surface area contributed by atoms with Crippen LogP contribution >= 0.6 is 11.6 Å². The Bertz CT molecular complexity index is 511. The van der Waals surface area contributed by atoms with Crippen LogP contribution in [0.25, 0.3) is 0 Å². The van der Waals surface area contributed by atoms with Crippen LogP contribution in [0.15, 0.2) is 18.2 Å². The first-order chi connectivity index (χ1) is 8.90. The third-order valence-electron chi connectivity index (χ3n) is 1.78. The first-order valence-corrected chi connectivity index (χ1v) is 5.59. The maximum Gasteiger partial charge on any atom is 0.308 e. The number of halogens is 1. The number of ether oxygens (including phenoxy) is 3. The molecule has 0 atom stereocenters. The molecule has 0 radical (unpaired) electrons. The SMILES string of the molecule is CC(=O)Oc1cccc(OCC(=O)Cl)c1OC(C)=O. The molecule has 0 bridgehead atoms. The summed E-state index contributed by atoms with van der Waals surface area (Å²) >= 11 is 5.15. The van der Waals surface area contributed by atoms with Crippen molar-refractivity contribution in [3.8, 4) is 17.2 Å². The Kier molecular flexibility index (Phi) is 5.32. The molecule has 0 saturated heterocycles. The van der Waals surface area contributed by atoms with Gasteiger partial charge in [0.05, 0.1) is 0 Å². The van der Waals surface area contributed by atoms with Crippen LogP contribution in [0.3, 0.4) is 0 Å². The zero-order valence-electron chi connectivity index (χ0n) is 10.3. The fraction of sp³-hybridized carbons (Fsp3) is 0.250. The van der Waals surface area contributed by atoms with Gasteiger partial charge in [0.1, 0.15) is 0 Å². The second-order valence-corrected chi connectivity index (χ2v) is 3.84. The van der Waals surface area contributed by atoms with Gasteiger partial charge in [-0.15, -0.1) is 0 Å². The number of carbonyl (C=O) groups is 3. The molecule has 0 aromatic heterocycles. The van der Waals surface area contributed by atoms with Crippen LogP contribution in [0.5, 0.6) is 17.2 Å². The zero-order chi connectivity index (χ0) is 14.4. The monoisotopic (exact) mass is 286 g/mol. The molecule has 6 nitrogen and oxygen atoms in total. The predicted molar refractivity (Wildman–Crippen MR) is 65.4 cm³/mol. The van der Waals surface area contributed by atoms with Gasteiger partial charge in [-0.1, -0.05) is 6.07 Å². The molecule has 0 aliphatic carbocycles. The van der Waals surface area contributed by atoms with Crippen molar-refractivity contribution in [3.05, 3.63) is 18.2 Å². The molecule has 0 amide bonds. The van der Waals surface area contributed by atoms with Crippen molar-refractivity contribution in [3.63, 3.8) is 0 Å². The highest BCUT2D eigenvalue weighted by molar-refractivity contribution is 6.63. The standard InChI is InChI=1S/C12H11ClO6/c1-7(14)18-10-5-3-4-9(17-6-11(13)16)12(10)19-8(2)15/h3-5H,6H2,1-2H3. The van der Waals surface area contributed by atoms with Gasteiger partial charge in [-0.25, -0.2) is 0 Å². The number of para-hydroxylation sites is 1. The molecular formula is C12H11ClO6. The molecule has 0 spiro atoms. The summed E-state index contributed by atoms with van der Waals surface area (Å²) in [5, 5.41) is -0.716. The van der Waals surface area contributed by atoms with E-state index in [9.17, 15) is 14.4 Å². The van der Waals surface area contributed by atoms with Crippen LogP contribution in [0.4, 0.5) is 0 Å². The first-order valence-electron chi connectivity index (χ1n) is 5.21. The second kappa shape index (κ2) is 6.75. The summed E-state index contributed by atoms with van der Waals surface area (Å²) in [7, 11) is 0. The summed E-state index contributed by atoms with van der Waals surface area (Å²) in [5.74, 6) is -1.20. The summed E-state index contributed by atoms with van der Waals surface area (Å²) in [6, 6.07) is 4.39. The highest BCUT2D eigenvalue weighted by Gasteiger charge is 2.16. The van der Waals surface area contributed by atoms with E-state index in [1.165, 1.54) is 32.0 Å². The van der Waals surface area contributed by atoms with E-state index in [1.54, 1.807) is 0 Å². The topological polar surface area (TPSA) is 78.9 Å². The minimum Gasteiger partial charge on any atom is -0.480 e. The largest absolute Gasteiger partial charge is 0.480 e. The third kappa shape index (κ3) is 4.97. The number of esters is 2. The van der Waals surface area contributed by atoms with E-state index in [-0.39, 0.29) is 17.2 Å². The van der Waals surface area contributed by atoms with Gasteiger partial charge in [0, 0.05) is 13.8 Å². The van der Waals surface area contributed by atoms with Crippen LogP contribution in [0.2, 0.25) is 0 Å². The van der Waals surface area contributed by atoms with E-state index < -0.39 is 23.8 Å². The lowest BCUT2D eigenvalue weighted by atomic mass is 10.3. The molecule has 0 aliphatic heterocycles. The fourth-order valence-corrected chi connectivity index (χ4v) is 1.28. The maximum absolute atomic E-state index is 11.0. The van der Waals surface area contributed by atoms with E-state index in [0.29, 0.717) is 0 Å². The van der Waals surface area contributed by atoms with E-state index in [0.717, 1.165) is 0 Å². The molecule has 0 aliphatic rings. The van der Waals surface area contributed by atoms with Gasteiger partial charge in [-0.05, 0) is 23.7 Å². The second-order valence-electron chi connectivity index (χ2n) is 3.41. The van der Waals surface area contributed by atoms with Gasteiger partial charge in [0.15, 0.2) is 18.1 Å². The zero-order valence-corrected chi connectivity index (χ0v) is 11.0. The summed E-state index contributed by atoms with van der Waals surface area (Å²) < 4.78 is 14.9. The fourth-order valence-electron chi connectivity index (χ4n) is 1.22. The minimum absolute atomic E-state index is 0.0159. The predicted octanol–water partition coefficient (Wildman–Crippen LogP) is 1.68. The molecule has 0 N–H and O–H groups in total. The molecule has 0 fully saturated rings. The molecular weight excluding hydrogens is 276 g/mol. The van der Waals surface area contributed by atoms with Gasteiger partial charge in [0.2, 0.25) is 5.75 Å². The lowest BCUT2D eigenvalue weighted by molar-refractivity contribution is -0.134. The number of benzene rings is 1. The Balaban J connectivity index is 3.09. The molecule has 1 aromatic carbocycles. The smallest absolute Gasteiger partial charge is 0.308 e. The molecule has 7 heteroatoms. The lowest BCUT2D eigenvalue weighted by Crippen LogP contribution is -2.10.